The molecular weight excluding hydrogens is 328 g/mol. The van der Waals surface area contributed by atoms with Crippen molar-refractivity contribution in [3.8, 4) is 11.4 Å². The van der Waals surface area contributed by atoms with Crippen molar-refractivity contribution in [3.63, 3.8) is 0 Å². The predicted molar refractivity (Wildman–Crippen MR) is 95.0 cm³/mol. The molecule has 1 aliphatic heterocycles. The first-order chi connectivity index (χ1) is 11.3. The van der Waals surface area contributed by atoms with Crippen LogP contribution in [0.25, 0.3) is 11.4 Å². The van der Waals surface area contributed by atoms with E-state index in [2.05, 4.69) is 34.2 Å². The van der Waals surface area contributed by atoms with Gasteiger partial charge in [-0.25, -0.2) is 0 Å². The summed E-state index contributed by atoms with van der Waals surface area (Å²) in [5.74, 6) is 1.29. The molecular formula is C17H25ClN4O2. The molecule has 2 N–H and O–H groups in total. The standard InChI is InChI=1S/C17H24N4O2.ClH/c1-21(15-7-10-22-11-8-15)12-16-19-17(20-23-16)14-4-2-13(3-5-14)6-9-18;/h2-5,15H,6-12,18H2,1H3;1H. The SMILES string of the molecule is CN(Cc1nc(-c2ccc(CCN)cc2)no1)C1CCOCC1.Cl. The molecule has 132 valence electrons. The molecule has 24 heavy (non-hydrogen) atoms. The first-order valence-electron chi connectivity index (χ1n) is 8.16. The van der Waals surface area contributed by atoms with E-state index in [0.717, 1.165) is 38.0 Å². The molecule has 0 radical (unpaired) electrons. The Morgan fingerprint density at radius 2 is 1.92 bits per heavy atom. The third-order valence-corrected chi connectivity index (χ3v) is 4.31. The van der Waals surface area contributed by atoms with Crippen molar-refractivity contribution in [1.29, 1.82) is 0 Å². The minimum Gasteiger partial charge on any atom is -0.381 e. The molecule has 0 spiro atoms. The summed E-state index contributed by atoms with van der Waals surface area (Å²) in [6.45, 7) is 2.99. The van der Waals surface area contributed by atoms with E-state index >= 15 is 0 Å². The minimum atomic E-state index is 0. The van der Waals surface area contributed by atoms with Gasteiger partial charge in [-0.05, 0) is 38.4 Å². The number of benzene rings is 1. The van der Waals surface area contributed by atoms with Gasteiger partial charge in [0.2, 0.25) is 11.7 Å². The van der Waals surface area contributed by atoms with Crippen molar-refractivity contribution in [2.24, 2.45) is 5.73 Å². The van der Waals surface area contributed by atoms with Gasteiger partial charge in [-0.2, -0.15) is 4.98 Å². The highest BCUT2D eigenvalue weighted by Crippen LogP contribution is 2.19. The fourth-order valence-electron chi connectivity index (χ4n) is 2.89. The van der Waals surface area contributed by atoms with E-state index in [1.165, 1.54) is 5.56 Å². The van der Waals surface area contributed by atoms with Crippen LogP contribution in [-0.2, 0) is 17.7 Å². The highest BCUT2D eigenvalue weighted by atomic mass is 35.5. The molecule has 0 aliphatic carbocycles. The number of ether oxygens (including phenoxy) is 1. The van der Waals surface area contributed by atoms with E-state index in [-0.39, 0.29) is 12.4 Å². The lowest BCUT2D eigenvalue weighted by atomic mass is 10.1. The molecule has 0 atom stereocenters. The molecule has 0 bridgehead atoms. The molecule has 0 unspecified atom stereocenters. The Morgan fingerprint density at radius 3 is 2.58 bits per heavy atom. The molecule has 3 rings (SSSR count). The summed E-state index contributed by atoms with van der Waals surface area (Å²) in [6.07, 6.45) is 2.99. The van der Waals surface area contributed by atoms with Crippen LogP contribution in [0, 0.1) is 0 Å². The van der Waals surface area contributed by atoms with Gasteiger partial charge < -0.3 is 15.0 Å². The average molecular weight is 353 g/mol. The molecule has 2 aromatic rings. The Morgan fingerprint density at radius 1 is 1.21 bits per heavy atom. The summed E-state index contributed by atoms with van der Waals surface area (Å²) in [6, 6.07) is 8.68. The van der Waals surface area contributed by atoms with Gasteiger partial charge in [-0.1, -0.05) is 29.4 Å². The van der Waals surface area contributed by atoms with Crippen LogP contribution in [0.4, 0.5) is 0 Å². The minimum absolute atomic E-state index is 0. The second-order valence-electron chi connectivity index (χ2n) is 6.01. The molecule has 0 amide bonds. The van der Waals surface area contributed by atoms with Gasteiger partial charge in [0, 0.05) is 24.8 Å². The van der Waals surface area contributed by atoms with Crippen LogP contribution in [0.5, 0.6) is 0 Å². The van der Waals surface area contributed by atoms with Gasteiger partial charge >= 0.3 is 0 Å². The fraction of sp³-hybridized carbons (Fsp3) is 0.529. The normalized spacial score (nSPS) is 15.5. The van der Waals surface area contributed by atoms with Crippen molar-refractivity contribution < 1.29 is 9.26 Å². The zero-order valence-corrected chi connectivity index (χ0v) is 14.8. The lowest BCUT2D eigenvalue weighted by Crippen LogP contribution is -2.36. The molecule has 1 aromatic carbocycles. The smallest absolute Gasteiger partial charge is 0.241 e. The Balaban J connectivity index is 0.00000208. The van der Waals surface area contributed by atoms with Gasteiger partial charge in [-0.3, -0.25) is 4.90 Å². The number of halogens is 1. The molecule has 7 heteroatoms. The quantitative estimate of drug-likeness (QED) is 0.859. The summed E-state index contributed by atoms with van der Waals surface area (Å²) < 4.78 is 10.8. The lowest BCUT2D eigenvalue weighted by molar-refractivity contribution is 0.0376. The first kappa shape index (κ1) is 18.9. The van der Waals surface area contributed by atoms with Gasteiger partial charge in [0.1, 0.15) is 0 Å². The molecule has 1 fully saturated rings. The fourth-order valence-corrected chi connectivity index (χ4v) is 2.89. The van der Waals surface area contributed by atoms with Crippen molar-refractivity contribution >= 4 is 12.4 Å². The van der Waals surface area contributed by atoms with Crippen LogP contribution < -0.4 is 5.73 Å². The Bertz CT molecular complexity index is 611. The maximum Gasteiger partial charge on any atom is 0.241 e. The molecule has 2 heterocycles. The van der Waals surface area contributed by atoms with Crippen LogP contribution >= 0.6 is 12.4 Å². The Kier molecular flexibility index (Phi) is 7.17. The van der Waals surface area contributed by atoms with Gasteiger partial charge in [0.05, 0.1) is 6.54 Å². The molecule has 6 nitrogen and oxygen atoms in total. The molecule has 1 aromatic heterocycles. The zero-order valence-electron chi connectivity index (χ0n) is 14.0. The van der Waals surface area contributed by atoms with E-state index in [1.54, 1.807) is 0 Å². The van der Waals surface area contributed by atoms with Gasteiger partial charge in [0.15, 0.2) is 0 Å². The summed E-state index contributed by atoms with van der Waals surface area (Å²) in [7, 11) is 2.10. The highest BCUT2D eigenvalue weighted by molar-refractivity contribution is 5.85. The lowest BCUT2D eigenvalue weighted by Gasteiger charge is -2.29. The number of hydrogen-bond acceptors (Lipinski definition) is 6. The van der Waals surface area contributed by atoms with Crippen molar-refractivity contribution in [2.75, 3.05) is 26.8 Å². The Hall–Kier alpha value is -1.47. The average Bonchev–Trinajstić information content (AvgIpc) is 3.05. The van der Waals surface area contributed by atoms with E-state index < -0.39 is 0 Å². The molecule has 0 saturated carbocycles. The van der Waals surface area contributed by atoms with Crippen LogP contribution in [0.3, 0.4) is 0 Å². The number of aromatic nitrogens is 2. The van der Waals surface area contributed by atoms with Crippen LogP contribution in [-0.4, -0.2) is 47.9 Å². The third kappa shape index (κ3) is 4.77. The second-order valence-corrected chi connectivity index (χ2v) is 6.01. The van der Waals surface area contributed by atoms with Crippen molar-refractivity contribution in [3.05, 3.63) is 35.7 Å². The van der Waals surface area contributed by atoms with Crippen LogP contribution in [0.1, 0.15) is 24.3 Å². The maximum absolute atomic E-state index is 5.57. The van der Waals surface area contributed by atoms with Crippen LogP contribution in [0.15, 0.2) is 28.8 Å². The van der Waals surface area contributed by atoms with Crippen LogP contribution in [0.2, 0.25) is 0 Å². The van der Waals surface area contributed by atoms with E-state index in [0.29, 0.717) is 30.8 Å². The number of nitrogens with two attached hydrogens (primary N) is 1. The highest BCUT2D eigenvalue weighted by Gasteiger charge is 2.20. The van der Waals surface area contributed by atoms with E-state index in [4.69, 9.17) is 15.0 Å². The summed E-state index contributed by atoms with van der Waals surface area (Å²) in [5, 5.41) is 4.10. The van der Waals surface area contributed by atoms with Crippen molar-refractivity contribution in [1.82, 2.24) is 15.0 Å². The predicted octanol–water partition coefficient (Wildman–Crippen LogP) is 2.27. The second kappa shape index (κ2) is 9.13. The largest absolute Gasteiger partial charge is 0.381 e. The zero-order chi connectivity index (χ0) is 16.1. The number of nitrogens with zero attached hydrogens (tertiary/aromatic N) is 3. The number of rotatable bonds is 6. The third-order valence-electron chi connectivity index (χ3n) is 4.31. The molecule has 1 saturated heterocycles. The first-order valence-corrected chi connectivity index (χ1v) is 8.16. The van der Waals surface area contributed by atoms with Gasteiger partial charge in [0.25, 0.3) is 0 Å². The van der Waals surface area contributed by atoms with E-state index in [1.807, 2.05) is 12.1 Å². The summed E-state index contributed by atoms with van der Waals surface area (Å²) in [5.41, 5.74) is 7.76. The monoisotopic (exact) mass is 352 g/mol. The maximum atomic E-state index is 5.57. The van der Waals surface area contributed by atoms with E-state index in [9.17, 15) is 0 Å². The topological polar surface area (TPSA) is 77.4 Å². The summed E-state index contributed by atoms with van der Waals surface area (Å²) >= 11 is 0. The van der Waals surface area contributed by atoms with Crippen molar-refractivity contribution in [2.45, 2.75) is 31.8 Å². The number of hydrogen-bond donors (Lipinski definition) is 1. The Labute approximate surface area is 148 Å². The van der Waals surface area contributed by atoms with Gasteiger partial charge in [-0.15, -0.1) is 12.4 Å². The summed E-state index contributed by atoms with van der Waals surface area (Å²) in [4.78, 5) is 6.78. The molecule has 1 aliphatic rings.